The van der Waals surface area contributed by atoms with Crippen molar-refractivity contribution in [2.45, 2.75) is 19.4 Å². The van der Waals surface area contributed by atoms with E-state index in [1.807, 2.05) is 0 Å². The smallest absolute Gasteiger partial charge is 0.139 e. The van der Waals surface area contributed by atoms with E-state index in [2.05, 4.69) is 0 Å². The van der Waals surface area contributed by atoms with Gasteiger partial charge in [-0.15, -0.1) is 0 Å². The fraction of sp³-hybridized carbons (Fsp3) is 0.400. The zero-order chi connectivity index (χ0) is 10.8. The molecule has 0 spiro atoms. The third-order valence-electron chi connectivity index (χ3n) is 1.66. The van der Waals surface area contributed by atoms with Crippen molar-refractivity contribution in [3.63, 3.8) is 0 Å². The van der Waals surface area contributed by atoms with Crippen molar-refractivity contribution in [3.8, 4) is 5.75 Å². The van der Waals surface area contributed by atoms with Gasteiger partial charge in [0.2, 0.25) is 0 Å². The van der Waals surface area contributed by atoms with Crippen molar-refractivity contribution in [3.05, 3.63) is 29.0 Å². The number of aliphatic hydroxyl groups excluding tert-OH is 1. The fourth-order valence-electron chi connectivity index (χ4n) is 0.888. The lowest BCUT2D eigenvalue weighted by atomic mass is 10.1. The second-order valence-corrected chi connectivity index (χ2v) is 4.00. The summed E-state index contributed by atoms with van der Waals surface area (Å²) in [5.74, 6) is -0.0451. The van der Waals surface area contributed by atoms with Crippen molar-refractivity contribution in [1.29, 1.82) is 0 Å². The number of hydrogen-bond donors (Lipinski definition) is 1. The lowest BCUT2D eigenvalue weighted by molar-refractivity contribution is 0.0413. The number of benzene rings is 1. The van der Waals surface area contributed by atoms with Crippen molar-refractivity contribution in [1.82, 2.24) is 0 Å². The first-order chi connectivity index (χ1) is 6.44. The van der Waals surface area contributed by atoms with Crippen LogP contribution in [-0.2, 0) is 0 Å². The Morgan fingerprint density at radius 2 is 2.14 bits per heavy atom. The van der Waals surface area contributed by atoms with E-state index in [0.29, 0.717) is 5.75 Å². The first-order valence-corrected chi connectivity index (χ1v) is 4.57. The highest BCUT2D eigenvalue weighted by molar-refractivity contribution is 6.32. The summed E-state index contributed by atoms with van der Waals surface area (Å²) in [7, 11) is 0. The molecule has 78 valence electrons. The molecule has 4 heteroatoms. The van der Waals surface area contributed by atoms with Gasteiger partial charge in [0.05, 0.1) is 11.6 Å². The van der Waals surface area contributed by atoms with E-state index in [1.54, 1.807) is 13.8 Å². The van der Waals surface area contributed by atoms with Crippen LogP contribution in [0.4, 0.5) is 4.39 Å². The Labute approximate surface area is 87.3 Å². The van der Waals surface area contributed by atoms with Crippen LogP contribution in [0, 0.1) is 5.82 Å². The number of halogens is 2. The van der Waals surface area contributed by atoms with Crippen LogP contribution in [-0.4, -0.2) is 17.3 Å². The third kappa shape index (κ3) is 2.86. The fourth-order valence-corrected chi connectivity index (χ4v) is 1.09. The molecule has 0 aromatic heterocycles. The normalized spacial score (nSPS) is 11.5. The molecule has 0 radical (unpaired) electrons. The van der Waals surface area contributed by atoms with Crippen LogP contribution in [0.15, 0.2) is 18.2 Å². The number of rotatable bonds is 3. The van der Waals surface area contributed by atoms with Gasteiger partial charge in [-0.1, -0.05) is 11.6 Å². The minimum atomic E-state index is -0.721. The van der Waals surface area contributed by atoms with Gasteiger partial charge in [-0.25, -0.2) is 4.39 Å². The molecule has 0 heterocycles. The van der Waals surface area contributed by atoms with E-state index >= 15 is 0 Å². The second-order valence-electron chi connectivity index (χ2n) is 3.59. The molecule has 0 aliphatic rings. The molecule has 0 atom stereocenters. The van der Waals surface area contributed by atoms with Crippen LogP contribution >= 0.6 is 11.6 Å². The minimum absolute atomic E-state index is 0.138. The van der Waals surface area contributed by atoms with Crippen LogP contribution in [0.1, 0.15) is 13.8 Å². The van der Waals surface area contributed by atoms with E-state index in [9.17, 15) is 4.39 Å². The molecule has 0 aliphatic heterocycles. The molecule has 0 saturated carbocycles. The molecule has 1 rings (SSSR count). The van der Waals surface area contributed by atoms with E-state index in [-0.39, 0.29) is 11.6 Å². The van der Waals surface area contributed by atoms with Crippen molar-refractivity contribution >= 4 is 11.6 Å². The number of aliphatic hydroxyl groups is 1. The van der Waals surface area contributed by atoms with Gasteiger partial charge in [-0.3, -0.25) is 0 Å². The van der Waals surface area contributed by atoms with Crippen LogP contribution < -0.4 is 4.74 Å². The van der Waals surface area contributed by atoms with E-state index in [4.69, 9.17) is 21.4 Å². The molecule has 14 heavy (non-hydrogen) atoms. The number of ether oxygens (including phenoxy) is 1. The van der Waals surface area contributed by atoms with Crippen molar-refractivity contribution in [2.24, 2.45) is 0 Å². The summed E-state index contributed by atoms with van der Waals surface area (Å²) in [6, 6.07) is 3.87. The SMILES string of the molecule is CC(C)(CO)Oc1ccc(F)cc1Cl. The molecule has 1 aromatic carbocycles. The third-order valence-corrected chi connectivity index (χ3v) is 1.96. The zero-order valence-corrected chi connectivity index (χ0v) is 8.81. The average Bonchev–Trinajstić information content (AvgIpc) is 2.10. The first kappa shape index (κ1) is 11.3. The number of hydrogen-bond acceptors (Lipinski definition) is 2. The maximum absolute atomic E-state index is 12.7. The van der Waals surface area contributed by atoms with Crippen LogP contribution in [0.25, 0.3) is 0 Å². The first-order valence-electron chi connectivity index (χ1n) is 4.19. The van der Waals surface area contributed by atoms with Crippen LogP contribution in [0.5, 0.6) is 5.75 Å². The zero-order valence-electron chi connectivity index (χ0n) is 8.05. The highest BCUT2D eigenvalue weighted by atomic mass is 35.5. The Balaban J connectivity index is 2.87. The Bertz CT molecular complexity index is 326. The van der Waals surface area contributed by atoms with Gasteiger partial charge in [-0.05, 0) is 32.0 Å². The van der Waals surface area contributed by atoms with Gasteiger partial charge >= 0.3 is 0 Å². The summed E-state index contributed by atoms with van der Waals surface area (Å²) < 4.78 is 18.1. The maximum Gasteiger partial charge on any atom is 0.139 e. The molecule has 0 fully saturated rings. The molecule has 0 amide bonds. The summed E-state index contributed by atoms with van der Waals surface area (Å²) in [5.41, 5.74) is -0.721. The highest BCUT2D eigenvalue weighted by Gasteiger charge is 2.19. The van der Waals surface area contributed by atoms with Crippen LogP contribution in [0.2, 0.25) is 5.02 Å². The standard InChI is InChI=1S/C10H12ClFO2/c1-10(2,6-13)14-9-4-3-7(12)5-8(9)11/h3-5,13H,6H2,1-2H3. The molecule has 1 aromatic rings. The van der Waals surface area contributed by atoms with Gasteiger partial charge in [0.15, 0.2) is 0 Å². The Hall–Kier alpha value is -0.800. The van der Waals surface area contributed by atoms with Crippen molar-refractivity contribution in [2.75, 3.05) is 6.61 Å². The second kappa shape index (κ2) is 4.15. The summed E-state index contributed by atoms with van der Waals surface area (Å²) in [4.78, 5) is 0. The lowest BCUT2D eigenvalue weighted by Crippen LogP contribution is -2.32. The summed E-state index contributed by atoms with van der Waals surface area (Å²) >= 11 is 5.75. The highest BCUT2D eigenvalue weighted by Crippen LogP contribution is 2.28. The van der Waals surface area contributed by atoms with Gasteiger partial charge in [0.25, 0.3) is 0 Å². The molecule has 2 nitrogen and oxygen atoms in total. The largest absolute Gasteiger partial charge is 0.484 e. The van der Waals surface area contributed by atoms with Gasteiger partial charge in [0.1, 0.15) is 17.2 Å². The molecule has 0 unspecified atom stereocenters. The summed E-state index contributed by atoms with van der Waals surface area (Å²) in [5, 5.41) is 9.16. The topological polar surface area (TPSA) is 29.5 Å². The Kier molecular flexibility index (Phi) is 3.34. The van der Waals surface area contributed by atoms with Gasteiger partial charge in [-0.2, -0.15) is 0 Å². The quantitative estimate of drug-likeness (QED) is 0.845. The molecule has 0 saturated heterocycles. The molecular weight excluding hydrogens is 207 g/mol. The van der Waals surface area contributed by atoms with Gasteiger partial charge < -0.3 is 9.84 Å². The van der Waals surface area contributed by atoms with E-state index in [0.717, 1.165) is 0 Å². The Morgan fingerprint density at radius 1 is 1.50 bits per heavy atom. The lowest BCUT2D eigenvalue weighted by Gasteiger charge is -2.24. The summed E-state index contributed by atoms with van der Waals surface area (Å²) in [6.07, 6.45) is 0. The molecule has 0 bridgehead atoms. The summed E-state index contributed by atoms with van der Waals surface area (Å²) in [6.45, 7) is 3.29. The predicted octanol–water partition coefficient (Wildman–Crippen LogP) is 2.63. The predicted molar refractivity (Wildman–Crippen MR) is 53.2 cm³/mol. The maximum atomic E-state index is 12.7. The van der Waals surface area contributed by atoms with Crippen molar-refractivity contribution < 1.29 is 14.2 Å². The van der Waals surface area contributed by atoms with Crippen LogP contribution in [0.3, 0.4) is 0 Å². The molecule has 1 N–H and O–H groups in total. The van der Waals surface area contributed by atoms with E-state index < -0.39 is 11.4 Å². The Morgan fingerprint density at radius 3 is 2.64 bits per heavy atom. The monoisotopic (exact) mass is 218 g/mol. The van der Waals surface area contributed by atoms with Gasteiger partial charge in [0, 0.05) is 0 Å². The molecule has 0 aliphatic carbocycles. The van der Waals surface area contributed by atoms with E-state index in [1.165, 1.54) is 18.2 Å². The minimum Gasteiger partial charge on any atom is -0.484 e. The molecular formula is C10H12ClFO2. The average molecular weight is 219 g/mol.